The van der Waals surface area contributed by atoms with Gasteiger partial charge in [-0.25, -0.2) is 0 Å². The molecule has 9 heteroatoms. The summed E-state index contributed by atoms with van der Waals surface area (Å²) in [6.45, 7) is 0. The Balaban J connectivity index is 0.000000150. The van der Waals surface area contributed by atoms with Gasteiger partial charge in [-0.2, -0.15) is 26.3 Å². The fourth-order valence-electron chi connectivity index (χ4n) is 3.50. The van der Waals surface area contributed by atoms with Gasteiger partial charge >= 0.3 is 12.4 Å². The molecule has 0 saturated carbocycles. The lowest BCUT2D eigenvalue weighted by atomic mass is 9.95. The monoisotopic (exact) mass is 564 g/mol. The lowest BCUT2D eigenvalue weighted by Crippen LogP contribution is -2.07. The zero-order chi connectivity index (χ0) is 22.6. The fraction of sp³-hybridized carbons (Fsp3) is 0.182. The molecular weight excluding hydrogens is 554 g/mol. The molecule has 0 N–H and O–H groups in total. The van der Waals surface area contributed by atoms with Crippen LogP contribution in [-0.4, -0.2) is 0 Å². The maximum absolute atomic E-state index is 12.5. The molecular formula is C22H12Br2F6O. The highest BCUT2D eigenvalue weighted by atomic mass is 79.9. The Morgan fingerprint density at radius 3 is 1.97 bits per heavy atom. The number of benzene rings is 3. The number of alkyl halides is 6. The molecule has 2 aliphatic heterocycles. The van der Waals surface area contributed by atoms with Crippen LogP contribution in [0.15, 0.2) is 69.6 Å². The molecule has 2 bridgehead atoms. The second kappa shape index (κ2) is 7.94. The van der Waals surface area contributed by atoms with E-state index in [2.05, 4.69) is 31.9 Å². The molecule has 2 atom stereocenters. The van der Waals surface area contributed by atoms with Crippen LogP contribution in [0.2, 0.25) is 0 Å². The van der Waals surface area contributed by atoms with Crippen LogP contribution in [0.5, 0.6) is 0 Å². The largest absolute Gasteiger partial charge is 0.416 e. The van der Waals surface area contributed by atoms with Crippen LogP contribution in [0.25, 0.3) is 10.8 Å². The van der Waals surface area contributed by atoms with Gasteiger partial charge in [0, 0.05) is 8.96 Å². The first-order chi connectivity index (χ1) is 14.4. The van der Waals surface area contributed by atoms with E-state index in [0.717, 1.165) is 38.1 Å². The lowest BCUT2D eigenvalue weighted by Gasteiger charge is -2.13. The second-order valence-corrected chi connectivity index (χ2v) is 8.87. The number of ether oxygens (including phenoxy) is 1. The number of rotatable bonds is 0. The molecule has 0 amide bonds. The van der Waals surface area contributed by atoms with Crippen molar-refractivity contribution in [3.05, 3.63) is 91.9 Å². The Morgan fingerprint density at radius 2 is 1.29 bits per heavy atom. The van der Waals surface area contributed by atoms with Crippen LogP contribution in [0, 0.1) is 0 Å². The molecule has 0 radical (unpaired) electrons. The standard InChI is InChI=1S/C11H6BrF3O.C11H6BrF3/c12-8-4-9-6-2-1-5(11(13,14)15)3-7(6)10(8)16-9;12-10-4-2-7-1-3-9(11(13,14)15)5-8(7)6-10/h1-4,9-10H;1-6H. The molecule has 0 saturated heterocycles. The Morgan fingerprint density at radius 1 is 0.677 bits per heavy atom. The van der Waals surface area contributed by atoms with E-state index < -0.39 is 23.5 Å². The summed E-state index contributed by atoms with van der Waals surface area (Å²) in [5, 5.41) is 1.38. The summed E-state index contributed by atoms with van der Waals surface area (Å²) in [5.74, 6) is 0. The number of hydrogen-bond acceptors (Lipinski definition) is 1. The van der Waals surface area contributed by atoms with Crippen LogP contribution in [0.4, 0.5) is 26.3 Å². The number of halogens is 8. The predicted octanol–water partition coefficient (Wildman–Crippen LogP) is 8.73. The van der Waals surface area contributed by atoms with Gasteiger partial charge < -0.3 is 4.74 Å². The molecule has 2 aliphatic rings. The minimum Gasteiger partial charge on any atom is -0.356 e. The highest BCUT2D eigenvalue weighted by Crippen LogP contribution is 2.52. The van der Waals surface area contributed by atoms with Crippen LogP contribution in [0.3, 0.4) is 0 Å². The zero-order valence-corrected chi connectivity index (χ0v) is 18.5. The minimum atomic E-state index is -4.30. The molecule has 3 aromatic rings. The first-order valence-corrected chi connectivity index (χ1v) is 10.5. The summed E-state index contributed by atoms with van der Waals surface area (Å²) in [5.41, 5.74) is 0.214. The van der Waals surface area contributed by atoms with Crippen molar-refractivity contribution in [3.8, 4) is 0 Å². The molecule has 162 valence electrons. The Kier molecular flexibility index (Phi) is 5.72. The highest BCUT2D eigenvalue weighted by molar-refractivity contribution is 9.11. The van der Waals surface area contributed by atoms with Crippen molar-refractivity contribution in [1.82, 2.24) is 0 Å². The molecule has 0 spiro atoms. The van der Waals surface area contributed by atoms with Gasteiger partial charge in [-0.3, -0.25) is 0 Å². The third-order valence-electron chi connectivity index (χ3n) is 4.98. The van der Waals surface area contributed by atoms with Crippen LogP contribution < -0.4 is 0 Å². The molecule has 0 aromatic heterocycles. The topological polar surface area (TPSA) is 9.23 Å². The Hall–Kier alpha value is -1.84. The van der Waals surface area contributed by atoms with Gasteiger partial charge in [-0.05, 0) is 64.4 Å². The van der Waals surface area contributed by atoms with E-state index in [-0.39, 0.29) is 12.2 Å². The third-order valence-corrected chi connectivity index (χ3v) is 6.15. The third kappa shape index (κ3) is 4.54. The highest BCUT2D eigenvalue weighted by Gasteiger charge is 2.40. The van der Waals surface area contributed by atoms with Gasteiger partial charge in [0.15, 0.2) is 0 Å². The zero-order valence-electron chi connectivity index (χ0n) is 15.4. The lowest BCUT2D eigenvalue weighted by molar-refractivity contribution is -0.138. The summed E-state index contributed by atoms with van der Waals surface area (Å²) >= 11 is 6.52. The number of fused-ring (bicyclic) bond motifs is 6. The molecule has 5 rings (SSSR count). The van der Waals surface area contributed by atoms with Crippen molar-refractivity contribution >= 4 is 42.6 Å². The molecule has 1 nitrogen and oxygen atoms in total. The van der Waals surface area contributed by atoms with Gasteiger partial charge in [0.05, 0.1) is 11.1 Å². The van der Waals surface area contributed by atoms with E-state index in [0.29, 0.717) is 10.9 Å². The Bertz CT molecular complexity index is 1180. The summed E-state index contributed by atoms with van der Waals surface area (Å²) in [4.78, 5) is 0. The second-order valence-electron chi connectivity index (χ2n) is 7.03. The number of hydrogen-bond donors (Lipinski definition) is 0. The van der Waals surface area contributed by atoms with Gasteiger partial charge in [0.1, 0.15) is 12.2 Å². The summed E-state index contributed by atoms with van der Waals surface area (Å²) in [7, 11) is 0. The quantitative estimate of drug-likeness (QED) is 0.248. The van der Waals surface area contributed by atoms with Crippen LogP contribution in [0.1, 0.15) is 34.5 Å². The van der Waals surface area contributed by atoms with Gasteiger partial charge in [-0.1, -0.05) is 50.1 Å². The predicted molar refractivity (Wildman–Crippen MR) is 112 cm³/mol. The molecule has 2 unspecified atom stereocenters. The maximum atomic E-state index is 12.5. The van der Waals surface area contributed by atoms with E-state index in [1.165, 1.54) is 18.2 Å². The van der Waals surface area contributed by atoms with Crippen molar-refractivity contribution in [2.45, 2.75) is 24.6 Å². The fourth-order valence-corrected chi connectivity index (χ4v) is 4.47. The van der Waals surface area contributed by atoms with Gasteiger partial charge in [-0.15, -0.1) is 0 Å². The Labute approximate surface area is 190 Å². The first kappa shape index (κ1) is 22.4. The van der Waals surface area contributed by atoms with Crippen molar-refractivity contribution in [1.29, 1.82) is 0 Å². The average Bonchev–Trinajstić information content (AvgIpc) is 3.24. The first-order valence-electron chi connectivity index (χ1n) is 8.94. The van der Waals surface area contributed by atoms with E-state index in [4.69, 9.17) is 4.74 Å². The summed E-state index contributed by atoms with van der Waals surface area (Å²) in [6, 6.07) is 12.7. The summed E-state index contributed by atoms with van der Waals surface area (Å²) in [6.07, 6.45) is -7.26. The SMILES string of the molecule is FC(F)(F)c1ccc2c(c1)C1OC2C=C1Br.FC(F)(F)c1ccc2ccc(Br)cc2c1. The average molecular weight is 566 g/mol. The molecule has 0 fully saturated rings. The molecule has 31 heavy (non-hydrogen) atoms. The van der Waals surface area contributed by atoms with Crippen molar-refractivity contribution in [2.24, 2.45) is 0 Å². The van der Waals surface area contributed by atoms with Crippen LogP contribution in [-0.2, 0) is 17.1 Å². The van der Waals surface area contributed by atoms with Gasteiger partial charge in [0.2, 0.25) is 0 Å². The van der Waals surface area contributed by atoms with Gasteiger partial charge in [0.25, 0.3) is 0 Å². The minimum absolute atomic E-state index is 0.198. The van der Waals surface area contributed by atoms with Crippen LogP contribution >= 0.6 is 31.9 Å². The summed E-state index contributed by atoms with van der Waals surface area (Å²) < 4.78 is 81.9. The molecule has 2 heterocycles. The maximum Gasteiger partial charge on any atom is 0.416 e. The normalized spacial score (nSPS) is 19.7. The molecule has 0 aliphatic carbocycles. The van der Waals surface area contributed by atoms with E-state index in [1.807, 2.05) is 6.08 Å². The molecule has 3 aromatic carbocycles. The van der Waals surface area contributed by atoms with E-state index >= 15 is 0 Å². The van der Waals surface area contributed by atoms with Crippen molar-refractivity contribution in [3.63, 3.8) is 0 Å². The van der Waals surface area contributed by atoms with Crippen molar-refractivity contribution in [2.75, 3.05) is 0 Å². The van der Waals surface area contributed by atoms with E-state index in [1.54, 1.807) is 18.2 Å². The van der Waals surface area contributed by atoms with Crippen molar-refractivity contribution < 1.29 is 31.1 Å². The smallest absolute Gasteiger partial charge is 0.356 e. The van der Waals surface area contributed by atoms with E-state index in [9.17, 15) is 26.3 Å².